The van der Waals surface area contributed by atoms with Gasteiger partial charge in [-0.25, -0.2) is 9.48 Å². The maximum Gasteiger partial charge on any atom is 0.335 e. The van der Waals surface area contributed by atoms with Gasteiger partial charge in [-0.15, -0.1) is 10.2 Å². The number of hydrogen-bond acceptors (Lipinski definition) is 8. The molecule has 3 rings (SSSR count). The monoisotopic (exact) mass is 372 g/mol. The lowest BCUT2D eigenvalue weighted by atomic mass is 10.0. The Labute approximate surface area is 153 Å². The molecule has 0 spiro atoms. The van der Waals surface area contributed by atoms with Gasteiger partial charge >= 0.3 is 5.97 Å². The Morgan fingerprint density at radius 2 is 2.26 bits per heavy atom. The minimum atomic E-state index is -2.00. The Morgan fingerprint density at radius 1 is 1.52 bits per heavy atom. The highest BCUT2D eigenvalue weighted by Crippen LogP contribution is 2.28. The SMILES string of the molecule is CC1(C)CN(c2ccn(-c3cnnc(C#N)c3)n2)C(=O)[C@@H](C(O)C(=O)O)O1. The zero-order valence-electron chi connectivity index (χ0n) is 14.5. The molecule has 1 saturated heterocycles. The average molecular weight is 372 g/mol. The van der Waals surface area contributed by atoms with E-state index in [0.717, 1.165) is 0 Å². The van der Waals surface area contributed by atoms with Crippen LogP contribution < -0.4 is 4.90 Å². The molecule has 0 radical (unpaired) electrons. The summed E-state index contributed by atoms with van der Waals surface area (Å²) in [6, 6.07) is 4.90. The van der Waals surface area contributed by atoms with Crippen molar-refractivity contribution in [2.45, 2.75) is 31.7 Å². The predicted octanol–water partition coefficient (Wildman–Crippen LogP) is -0.510. The standard InChI is InChI=1S/C16H16N6O5/c1-16(2)8-21(14(24)13(27-16)12(23)15(25)26)11-3-4-22(20-11)10-5-9(6-17)19-18-7-10/h3-5,7,12-13,23H,8H2,1-2H3,(H,25,26)/t12?,13-/m1/s1. The number of rotatable bonds is 4. The number of aromatic nitrogens is 4. The molecule has 11 nitrogen and oxygen atoms in total. The molecule has 1 unspecified atom stereocenters. The Kier molecular flexibility index (Phi) is 4.61. The third-order valence-electron chi connectivity index (χ3n) is 3.90. The zero-order valence-corrected chi connectivity index (χ0v) is 14.5. The van der Waals surface area contributed by atoms with Gasteiger partial charge in [-0.2, -0.15) is 10.4 Å². The van der Waals surface area contributed by atoms with Gasteiger partial charge < -0.3 is 14.9 Å². The Bertz CT molecular complexity index is 933. The summed E-state index contributed by atoms with van der Waals surface area (Å²) in [5.41, 5.74) is -0.321. The van der Waals surface area contributed by atoms with E-state index in [9.17, 15) is 14.7 Å². The van der Waals surface area contributed by atoms with Gasteiger partial charge in [0, 0.05) is 18.3 Å². The Balaban J connectivity index is 1.93. The summed E-state index contributed by atoms with van der Waals surface area (Å²) < 4.78 is 6.88. The number of carbonyl (C=O) groups is 2. The highest BCUT2D eigenvalue weighted by Gasteiger charge is 2.46. The molecular weight excluding hydrogens is 356 g/mol. The first-order valence-corrected chi connectivity index (χ1v) is 7.91. The molecule has 140 valence electrons. The number of anilines is 1. The van der Waals surface area contributed by atoms with Gasteiger partial charge in [-0.3, -0.25) is 9.69 Å². The lowest BCUT2D eigenvalue weighted by Gasteiger charge is -2.41. The lowest BCUT2D eigenvalue weighted by molar-refractivity contribution is -0.178. The summed E-state index contributed by atoms with van der Waals surface area (Å²) in [5.74, 6) is -2.02. The van der Waals surface area contributed by atoms with Crippen LogP contribution in [0.2, 0.25) is 0 Å². The summed E-state index contributed by atoms with van der Waals surface area (Å²) in [5, 5.41) is 39.4. The van der Waals surface area contributed by atoms with E-state index in [-0.39, 0.29) is 18.1 Å². The van der Waals surface area contributed by atoms with Gasteiger partial charge in [0.05, 0.1) is 24.0 Å². The van der Waals surface area contributed by atoms with Crippen LogP contribution in [0.25, 0.3) is 5.69 Å². The topological polar surface area (TPSA) is 154 Å². The van der Waals surface area contributed by atoms with Crippen LogP contribution >= 0.6 is 0 Å². The van der Waals surface area contributed by atoms with Crippen molar-refractivity contribution in [1.29, 1.82) is 5.26 Å². The number of carboxylic acids is 1. The van der Waals surface area contributed by atoms with E-state index in [1.54, 1.807) is 26.1 Å². The van der Waals surface area contributed by atoms with Crippen molar-refractivity contribution in [3.8, 4) is 11.8 Å². The summed E-state index contributed by atoms with van der Waals surface area (Å²) >= 11 is 0. The molecule has 0 bridgehead atoms. The van der Waals surface area contributed by atoms with E-state index in [2.05, 4.69) is 15.3 Å². The molecule has 2 aromatic heterocycles. The molecule has 0 aromatic carbocycles. The molecule has 2 atom stereocenters. The van der Waals surface area contributed by atoms with Crippen molar-refractivity contribution in [2.24, 2.45) is 0 Å². The van der Waals surface area contributed by atoms with E-state index >= 15 is 0 Å². The van der Waals surface area contributed by atoms with Gasteiger partial charge in [0.15, 0.2) is 23.7 Å². The van der Waals surface area contributed by atoms with E-state index in [1.165, 1.54) is 21.8 Å². The summed E-state index contributed by atoms with van der Waals surface area (Å²) in [6.45, 7) is 3.47. The second-order valence-electron chi connectivity index (χ2n) is 6.53. The normalized spacial score (nSPS) is 20.1. The van der Waals surface area contributed by atoms with Gasteiger partial charge in [0.25, 0.3) is 5.91 Å². The minimum Gasteiger partial charge on any atom is -0.479 e. The van der Waals surface area contributed by atoms with Gasteiger partial charge in [0.1, 0.15) is 6.07 Å². The van der Waals surface area contributed by atoms with Crippen molar-refractivity contribution in [3.05, 3.63) is 30.2 Å². The largest absolute Gasteiger partial charge is 0.479 e. The number of aliphatic hydroxyl groups is 1. The van der Waals surface area contributed by atoms with Crippen LogP contribution in [0.3, 0.4) is 0 Å². The number of nitrogens with zero attached hydrogens (tertiary/aromatic N) is 6. The van der Waals surface area contributed by atoms with Crippen LogP contribution in [0.1, 0.15) is 19.5 Å². The van der Waals surface area contributed by atoms with E-state index in [0.29, 0.717) is 5.69 Å². The summed E-state index contributed by atoms with van der Waals surface area (Å²) in [6.07, 6.45) is -0.584. The van der Waals surface area contributed by atoms with Crippen molar-refractivity contribution < 1.29 is 24.5 Å². The predicted molar refractivity (Wildman–Crippen MR) is 88.8 cm³/mol. The van der Waals surface area contributed by atoms with E-state index in [1.807, 2.05) is 6.07 Å². The molecule has 1 aliphatic heterocycles. The number of nitriles is 1. The van der Waals surface area contributed by atoms with Crippen molar-refractivity contribution >= 4 is 17.7 Å². The fourth-order valence-electron chi connectivity index (χ4n) is 2.71. The van der Waals surface area contributed by atoms with Crippen LogP contribution in [-0.2, 0) is 14.3 Å². The molecule has 11 heteroatoms. The first kappa shape index (κ1) is 18.4. The fourth-order valence-corrected chi connectivity index (χ4v) is 2.71. The number of carboxylic acid groups (broad SMARTS) is 1. The number of morpholine rings is 1. The summed E-state index contributed by atoms with van der Waals surface area (Å²) in [4.78, 5) is 25.0. The van der Waals surface area contributed by atoms with Crippen molar-refractivity contribution in [3.63, 3.8) is 0 Å². The van der Waals surface area contributed by atoms with Gasteiger partial charge in [0.2, 0.25) is 0 Å². The third kappa shape index (κ3) is 3.62. The zero-order chi connectivity index (χ0) is 19.8. The maximum atomic E-state index is 12.7. The highest BCUT2D eigenvalue weighted by molar-refractivity contribution is 5.99. The van der Waals surface area contributed by atoms with Gasteiger partial charge in [-0.1, -0.05) is 0 Å². The molecule has 2 N–H and O–H groups in total. The van der Waals surface area contributed by atoms with E-state index in [4.69, 9.17) is 15.1 Å². The average Bonchev–Trinajstić information content (AvgIpc) is 3.12. The number of carbonyl (C=O) groups excluding carboxylic acids is 1. The van der Waals surface area contributed by atoms with Crippen molar-refractivity contribution in [2.75, 3.05) is 11.4 Å². The number of aliphatic carboxylic acids is 1. The molecule has 2 aromatic rings. The number of hydrogen-bond donors (Lipinski definition) is 2. The second kappa shape index (κ2) is 6.75. The lowest BCUT2D eigenvalue weighted by Crippen LogP contribution is -2.61. The summed E-state index contributed by atoms with van der Waals surface area (Å²) in [7, 11) is 0. The van der Waals surface area contributed by atoms with Crippen LogP contribution in [0.15, 0.2) is 24.5 Å². The molecule has 0 aliphatic carbocycles. The minimum absolute atomic E-state index is 0.109. The molecule has 0 saturated carbocycles. The molecule has 3 heterocycles. The van der Waals surface area contributed by atoms with Crippen LogP contribution in [0.4, 0.5) is 5.82 Å². The highest BCUT2D eigenvalue weighted by atomic mass is 16.5. The van der Waals surface area contributed by atoms with Crippen LogP contribution in [-0.4, -0.2) is 66.4 Å². The first-order valence-electron chi connectivity index (χ1n) is 7.91. The number of amides is 1. The van der Waals surface area contributed by atoms with Crippen molar-refractivity contribution in [1.82, 2.24) is 20.0 Å². The van der Waals surface area contributed by atoms with Gasteiger partial charge in [-0.05, 0) is 13.8 Å². The first-order chi connectivity index (χ1) is 12.7. The van der Waals surface area contributed by atoms with E-state index < -0.39 is 29.7 Å². The third-order valence-corrected chi connectivity index (χ3v) is 3.90. The smallest absolute Gasteiger partial charge is 0.335 e. The molecule has 1 amide bonds. The van der Waals surface area contributed by atoms with Crippen LogP contribution in [0.5, 0.6) is 0 Å². The Hall–Kier alpha value is -3.36. The quantitative estimate of drug-likeness (QED) is 0.722. The van der Waals surface area contributed by atoms with Crippen LogP contribution in [0, 0.1) is 11.3 Å². The molecule has 1 fully saturated rings. The molecule has 27 heavy (non-hydrogen) atoms. The number of ether oxygens (including phenoxy) is 1. The Morgan fingerprint density at radius 3 is 2.93 bits per heavy atom. The number of aliphatic hydroxyl groups excluding tert-OH is 1. The molecule has 1 aliphatic rings. The molecular formula is C16H16N6O5. The maximum absolute atomic E-state index is 12.7. The second-order valence-corrected chi connectivity index (χ2v) is 6.53. The fraction of sp³-hybridized carbons (Fsp3) is 0.375.